The van der Waals surface area contributed by atoms with Crippen LogP contribution in [0.25, 0.3) is 17.1 Å². The summed E-state index contributed by atoms with van der Waals surface area (Å²) < 4.78 is 45.0. The van der Waals surface area contributed by atoms with E-state index in [4.69, 9.17) is 4.74 Å². The number of nitrogens with one attached hydrogen (secondary N) is 2. The second kappa shape index (κ2) is 9.46. The number of nitrogens with zero attached hydrogens (tertiary/aromatic N) is 2. The number of aromatic amines is 1. The molecule has 1 aliphatic rings. The minimum atomic E-state index is -4.46. The van der Waals surface area contributed by atoms with Crippen molar-refractivity contribution in [2.75, 3.05) is 13.2 Å². The van der Waals surface area contributed by atoms with Crippen LogP contribution in [-0.4, -0.2) is 39.9 Å². The average molecular weight is 474 g/mol. The lowest BCUT2D eigenvalue weighted by Crippen LogP contribution is -2.35. The standard InChI is InChI=1S/C24H25F3N4O3/c1-14-5-6-16(11-12-28-22(32)19-4-3-13-34-19)15(2)20(14)21-29-23(33)31(30-21)18-9-7-17(8-10-18)24(25,26)27/h5-10,19H,3-4,11-13H2,1-2H3,(H,28,32)(H,29,30,33)/t19-/m1/s1. The molecule has 0 radical (unpaired) electrons. The summed E-state index contributed by atoms with van der Waals surface area (Å²) in [6.45, 7) is 4.85. The molecule has 0 spiro atoms. The van der Waals surface area contributed by atoms with Gasteiger partial charge in [-0.3, -0.25) is 9.78 Å². The fourth-order valence-electron chi connectivity index (χ4n) is 4.15. The van der Waals surface area contributed by atoms with Gasteiger partial charge in [0.25, 0.3) is 0 Å². The van der Waals surface area contributed by atoms with Crippen molar-refractivity contribution in [1.82, 2.24) is 20.1 Å². The number of alkyl halides is 3. The number of aryl methyl sites for hydroxylation is 1. The van der Waals surface area contributed by atoms with Gasteiger partial charge in [-0.15, -0.1) is 5.10 Å². The average Bonchev–Trinajstić information content (AvgIpc) is 3.45. The number of hydrogen-bond donors (Lipinski definition) is 2. The molecule has 0 saturated carbocycles. The van der Waals surface area contributed by atoms with Crippen molar-refractivity contribution in [3.8, 4) is 17.1 Å². The van der Waals surface area contributed by atoms with Gasteiger partial charge in [0.1, 0.15) is 6.10 Å². The number of benzene rings is 2. The third-order valence-electron chi connectivity index (χ3n) is 5.99. The molecular formula is C24H25F3N4O3. The number of hydrogen-bond acceptors (Lipinski definition) is 4. The maximum atomic E-state index is 12.8. The number of amides is 1. The summed E-state index contributed by atoms with van der Waals surface area (Å²) in [4.78, 5) is 27.4. The number of H-pyrrole nitrogens is 1. The maximum absolute atomic E-state index is 12.8. The van der Waals surface area contributed by atoms with Crippen LogP contribution in [0.5, 0.6) is 0 Å². The molecule has 2 heterocycles. The van der Waals surface area contributed by atoms with Crippen LogP contribution in [0.2, 0.25) is 0 Å². The fourth-order valence-corrected chi connectivity index (χ4v) is 4.15. The Bertz CT molecular complexity index is 1240. The third kappa shape index (κ3) is 4.91. The minimum Gasteiger partial charge on any atom is -0.368 e. The summed E-state index contributed by atoms with van der Waals surface area (Å²) >= 11 is 0. The van der Waals surface area contributed by atoms with Gasteiger partial charge < -0.3 is 10.1 Å². The molecule has 3 aromatic rings. The molecule has 34 heavy (non-hydrogen) atoms. The van der Waals surface area contributed by atoms with E-state index in [0.29, 0.717) is 25.4 Å². The first-order chi connectivity index (χ1) is 16.1. The van der Waals surface area contributed by atoms with Gasteiger partial charge in [-0.05, 0) is 74.1 Å². The number of carbonyl (C=O) groups excluding carboxylic acids is 1. The molecule has 1 amide bonds. The van der Waals surface area contributed by atoms with Crippen molar-refractivity contribution >= 4 is 5.91 Å². The summed E-state index contributed by atoms with van der Waals surface area (Å²) in [5, 5.41) is 7.25. The summed E-state index contributed by atoms with van der Waals surface area (Å²) in [5.41, 5.74) is 2.39. The molecule has 2 aromatic carbocycles. The van der Waals surface area contributed by atoms with Crippen molar-refractivity contribution < 1.29 is 22.7 Å². The van der Waals surface area contributed by atoms with E-state index >= 15 is 0 Å². The first-order valence-electron chi connectivity index (χ1n) is 11.0. The topological polar surface area (TPSA) is 89.0 Å². The van der Waals surface area contributed by atoms with E-state index in [1.807, 2.05) is 26.0 Å². The highest BCUT2D eigenvalue weighted by Gasteiger charge is 2.30. The van der Waals surface area contributed by atoms with E-state index in [-0.39, 0.29) is 17.7 Å². The lowest BCUT2D eigenvalue weighted by atomic mass is 9.95. The molecule has 2 N–H and O–H groups in total. The molecule has 0 aliphatic carbocycles. The second-order valence-electron chi connectivity index (χ2n) is 8.32. The molecule has 10 heteroatoms. The Kier molecular flexibility index (Phi) is 6.60. The smallest absolute Gasteiger partial charge is 0.368 e. The zero-order valence-electron chi connectivity index (χ0n) is 18.8. The van der Waals surface area contributed by atoms with Gasteiger partial charge in [0.15, 0.2) is 5.82 Å². The Morgan fingerprint density at radius 2 is 1.94 bits per heavy atom. The van der Waals surface area contributed by atoms with Crippen molar-refractivity contribution in [3.63, 3.8) is 0 Å². The van der Waals surface area contributed by atoms with Crippen LogP contribution < -0.4 is 11.0 Å². The molecule has 0 bridgehead atoms. The van der Waals surface area contributed by atoms with E-state index in [0.717, 1.165) is 51.9 Å². The molecule has 1 saturated heterocycles. The predicted octanol–water partition coefficient (Wildman–Crippen LogP) is 3.70. The second-order valence-corrected chi connectivity index (χ2v) is 8.32. The normalized spacial score (nSPS) is 16.1. The summed E-state index contributed by atoms with van der Waals surface area (Å²) in [6, 6.07) is 8.13. The summed E-state index contributed by atoms with van der Waals surface area (Å²) in [5.74, 6) is 0.215. The number of ether oxygens (including phenoxy) is 1. The molecule has 1 aromatic heterocycles. The van der Waals surface area contributed by atoms with Crippen molar-refractivity contribution in [1.29, 1.82) is 0 Å². The zero-order chi connectivity index (χ0) is 24.5. The van der Waals surface area contributed by atoms with Gasteiger partial charge in [-0.2, -0.15) is 17.9 Å². The Morgan fingerprint density at radius 3 is 2.59 bits per heavy atom. The first kappa shape index (κ1) is 23.7. The summed E-state index contributed by atoms with van der Waals surface area (Å²) in [6.07, 6.45) is -2.64. The maximum Gasteiger partial charge on any atom is 0.416 e. The Balaban J connectivity index is 1.55. The lowest BCUT2D eigenvalue weighted by molar-refractivity contribution is -0.137. The SMILES string of the molecule is Cc1ccc(CCNC(=O)[C@H]2CCCO2)c(C)c1-c1nn(-c2ccc(C(F)(F)F)cc2)c(=O)[nH]1. The van der Waals surface area contributed by atoms with Crippen LogP contribution in [0.3, 0.4) is 0 Å². The van der Waals surface area contributed by atoms with Crippen molar-refractivity contribution in [3.05, 3.63) is 69.1 Å². The number of halogens is 3. The molecule has 1 fully saturated rings. The number of carbonyl (C=O) groups is 1. The van der Waals surface area contributed by atoms with Gasteiger partial charge >= 0.3 is 11.9 Å². The van der Waals surface area contributed by atoms with Gasteiger partial charge in [-0.1, -0.05) is 12.1 Å². The van der Waals surface area contributed by atoms with Crippen LogP contribution in [0.15, 0.2) is 41.2 Å². The number of rotatable bonds is 6. The Morgan fingerprint density at radius 1 is 1.21 bits per heavy atom. The van der Waals surface area contributed by atoms with Crippen molar-refractivity contribution in [2.24, 2.45) is 0 Å². The fraction of sp³-hybridized carbons (Fsp3) is 0.375. The zero-order valence-corrected chi connectivity index (χ0v) is 18.8. The molecule has 7 nitrogen and oxygen atoms in total. The van der Waals surface area contributed by atoms with Crippen LogP contribution in [0.1, 0.15) is 35.1 Å². The monoisotopic (exact) mass is 474 g/mol. The van der Waals surface area contributed by atoms with Crippen LogP contribution in [0.4, 0.5) is 13.2 Å². The third-order valence-corrected chi connectivity index (χ3v) is 5.99. The summed E-state index contributed by atoms with van der Waals surface area (Å²) in [7, 11) is 0. The van der Waals surface area contributed by atoms with E-state index in [9.17, 15) is 22.8 Å². The van der Waals surface area contributed by atoms with E-state index in [1.165, 1.54) is 12.1 Å². The lowest BCUT2D eigenvalue weighted by Gasteiger charge is -2.14. The molecule has 0 unspecified atom stereocenters. The van der Waals surface area contributed by atoms with Crippen LogP contribution in [-0.2, 0) is 22.1 Å². The van der Waals surface area contributed by atoms with Gasteiger partial charge in [0.05, 0.1) is 11.3 Å². The minimum absolute atomic E-state index is 0.109. The predicted molar refractivity (Wildman–Crippen MR) is 120 cm³/mol. The number of aromatic nitrogens is 3. The van der Waals surface area contributed by atoms with Gasteiger partial charge in [-0.25, -0.2) is 4.79 Å². The van der Waals surface area contributed by atoms with Gasteiger partial charge in [0, 0.05) is 18.7 Å². The van der Waals surface area contributed by atoms with E-state index in [1.54, 1.807) is 0 Å². The molecule has 1 aliphatic heterocycles. The Labute approximate surface area is 193 Å². The van der Waals surface area contributed by atoms with Crippen LogP contribution in [0, 0.1) is 13.8 Å². The molecular weight excluding hydrogens is 449 g/mol. The molecule has 1 atom stereocenters. The molecule has 4 rings (SSSR count). The quantitative estimate of drug-likeness (QED) is 0.570. The van der Waals surface area contributed by atoms with E-state index < -0.39 is 17.4 Å². The van der Waals surface area contributed by atoms with E-state index in [2.05, 4.69) is 15.4 Å². The first-order valence-corrected chi connectivity index (χ1v) is 11.0. The molecule has 180 valence electrons. The van der Waals surface area contributed by atoms with Gasteiger partial charge in [0.2, 0.25) is 5.91 Å². The highest BCUT2D eigenvalue weighted by atomic mass is 19.4. The highest BCUT2D eigenvalue weighted by Crippen LogP contribution is 2.30. The Hall–Kier alpha value is -3.40. The largest absolute Gasteiger partial charge is 0.416 e. The highest BCUT2D eigenvalue weighted by molar-refractivity contribution is 5.81. The van der Waals surface area contributed by atoms with Crippen LogP contribution >= 0.6 is 0 Å². The van der Waals surface area contributed by atoms with Crippen molar-refractivity contribution in [2.45, 2.75) is 45.4 Å².